The lowest BCUT2D eigenvalue weighted by Gasteiger charge is -2.18. The minimum atomic E-state index is -1.07. The first kappa shape index (κ1) is 19.2. The summed E-state index contributed by atoms with van der Waals surface area (Å²) in [6.45, 7) is -0.445. The highest BCUT2D eigenvalue weighted by Crippen LogP contribution is 2.19. The second-order valence-electron chi connectivity index (χ2n) is 6.03. The van der Waals surface area contributed by atoms with Crippen molar-refractivity contribution >= 4 is 17.6 Å². The summed E-state index contributed by atoms with van der Waals surface area (Å²) in [7, 11) is 1.60. The number of hydrogen-bond donors (Lipinski definition) is 0. The van der Waals surface area contributed by atoms with Crippen molar-refractivity contribution in [3.05, 3.63) is 101 Å². The molecule has 3 aromatic carbocycles. The second kappa shape index (κ2) is 8.43. The third-order valence-corrected chi connectivity index (χ3v) is 4.22. The largest absolute Gasteiger partial charge is 0.457 e. The Labute approximate surface area is 161 Å². The van der Waals surface area contributed by atoms with Crippen molar-refractivity contribution in [1.82, 2.24) is 0 Å². The van der Waals surface area contributed by atoms with Crippen LogP contribution in [0.5, 0.6) is 0 Å². The molecule has 0 aliphatic carbocycles. The summed E-state index contributed by atoms with van der Waals surface area (Å²) in [5.74, 6) is -3.28. The Bertz CT molecular complexity index is 1010. The van der Waals surface area contributed by atoms with Crippen molar-refractivity contribution in [3.63, 3.8) is 0 Å². The van der Waals surface area contributed by atoms with Crippen molar-refractivity contribution in [2.24, 2.45) is 0 Å². The van der Waals surface area contributed by atoms with Gasteiger partial charge in [-0.25, -0.2) is 13.6 Å². The van der Waals surface area contributed by atoms with E-state index in [9.17, 15) is 18.4 Å². The van der Waals surface area contributed by atoms with Crippen molar-refractivity contribution < 1.29 is 23.1 Å². The number of anilines is 1. The topological polar surface area (TPSA) is 46.6 Å². The van der Waals surface area contributed by atoms with Crippen molar-refractivity contribution in [3.8, 4) is 0 Å². The Morgan fingerprint density at radius 1 is 0.857 bits per heavy atom. The zero-order chi connectivity index (χ0) is 20.1. The van der Waals surface area contributed by atoms with Crippen LogP contribution in [0, 0.1) is 11.6 Å². The second-order valence-corrected chi connectivity index (χ2v) is 6.03. The fraction of sp³-hybridized carbons (Fsp3) is 0.0909. The van der Waals surface area contributed by atoms with Gasteiger partial charge in [0.15, 0.2) is 11.6 Å². The van der Waals surface area contributed by atoms with Crippen LogP contribution in [0.4, 0.5) is 14.5 Å². The van der Waals surface area contributed by atoms with Crippen molar-refractivity contribution in [2.75, 3.05) is 11.9 Å². The van der Waals surface area contributed by atoms with Gasteiger partial charge in [0.05, 0.1) is 11.1 Å². The van der Waals surface area contributed by atoms with E-state index in [4.69, 9.17) is 4.74 Å². The van der Waals surface area contributed by atoms with E-state index in [0.29, 0.717) is 5.69 Å². The molecule has 3 aromatic rings. The van der Waals surface area contributed by atoms with Crippen LogP contribution in [-0.4, -0.2) is 18.9 Å². The fourth-order valence-electron chi connectivity index (χ4n) is 2.68. The lowest BCUT2D eigenvalue weighted by Crippen LogP contribution is -2.28. The van der Waals surface area contributed by atoms with Crippen LogP contribution in [0.2, 0.25) is 0 Å². The molecule has 0 fully saturated rings. The number of halogens is 2. The Kier molecular flexibility index (Phi) is 5.79. The lowest BCUT2D eigenvalue weighted by molar-refractivity contribution is 0.0465. The standard InChI is InChI=1S/C22H17F2NO3/c1-25(16-9-3-2-4-10-16)21(26)17-11-5-6-12-18(17)22(27)28-14-15-8-7-13-19(23)20(15)24/h2-13H,14H2,1H3. The molecule has 4 nitrogen and oxygen atoms in total. The summed E-state index contributed by atoms with van der Waals surface area (Å²) < 4.78 is 32.1. The van der Waals surface area contributed by atoms with E-state index in [1.807, 2.05) is 6.07 Å². The van der Waals surface area contributed by atoms with Crippen LogP contribution in [0.25, 0.3) is 0 Å². The first-order chi connectivity index (χ1) is 13.5. The molecule has 0 saturated heterocycles. The molecule has 6 heteroatoms. The van der Waals surface area contributed by atoms with Gasteiger partial charge in [0, 0.05) is 18.3 Å². The van der Waals surface area contributed by atoms with Gasteiger partial charge in [-0.3, -0.25) is 4.79 Å². The molecule has 3 rings (SSSR count). The van der Waals surface area contributed by atoms with E-state index in [2.05, 4.69) is 0 Å². The highest BCUT2D eigenvalue weighted by molar-refractivity contribution is 6.11. The number of rotatable bonds is 5. The van der Waals surface area contributed by atoms with Crippen LogP contribution in [-0.2, 0) is 11.3 Å². The molecule has 0 atom stereocenters. The number of carbonyl (C=O) groups is 2. The predicted molar refractivity (Wildman–Crippen MR) is 101 cm³/mol. The molecule has 28 heavy (non-hydrogen) atoms. The fourth-order valence-corrected chi connectivity index (χ4v) is 2.68. The summed E-state index contributed by atoms with van der Waals surface area (Å²) in [4.78, 5) is 26.8. The molecule has 0 aliphatic rings. The first-order valence-electron chi connectivity index (χ1n) is 8.51. The molecule has 0 saturated carbocycles. The highest BCUT2D eigenvalue weighted by Gasteiger charge is 2.22. The van der Waals surface area contributed by atoms with E-state index in [1.165, 1.54) is 29.2 Å². The van der Waals surface area contributed by atoms with Crippen molar-refractivity contribution in [2.45, 2.75) is 6.61 Å². The summed E-state index contributed by atoms with van der Waals surface area (Å²) in [6, 6.07) is 18.8. The smallest absolute Gasteiger partial charge is 0.339 e. The molecule has 0 heterocycles. The average Bonchev–Trinajstić information content (AvgIpc) is 2.74. The van der Waals surface area contributed by atoms with Gasteiger partial charge in [0.2, 0.25) is 0 Å². The third-order valence-electron chi connectivity index (χ3n) is 4.22. The van der Waals surface area contributed by atoms with Gasteiger partial charge in [-0.15, -0.1) is 0 Å². The van der Waals surface area contributed by atoms with Crippen LogP contribution in [0.3, 0.4) is 0 Å². The highest BCUT2D eigenvalue weighted by atomic mass is 19.2. The monoisotopic (exact) mass is 381 g/mol. The van der Waals surface area contributed by atoms with Gasteiger partial charge >= 0.3 is 5.97 Å². The van der Waals surface area contributed by atoms with Gasteiger partial charge < -0.3 is 9.64 Å². The van der Waals surface area contributed by atoms with Gasteiger partial charge in [0.1, 0.15) is 6.61 Å². The lowest BCUT2D eigenvalue weighted by atomic mass is 10.1. The minimum absolute atomic E-state index is 0.0482. The maximum absolute atomic E-state index is 13.7. The maximum atomic E-state index is 13.7. The number of para-hydroxylation sites is 1. The number of nitrogens with zero attached hydrogens (tertiary/aromatic N) is 1. The van der Waals surface area contributed by atoms with E-state index >= 15 is 0 Å². The Morgan fingerprint density at radius 3 is 2.21 bits per heavy atom. The van der Waals surface area contributed by atoms with Crippen LogP contribution < -0.4 is 4.90 Å². The Balaban J connectivity index is 1.80. The predicted octanol–water partition coefficient (Wildman–Crippen LogP) is 4.60. The van der Waals surface area contributed by atoms with Gasteiger partial charge in [0.25, 0.3) is 5.91 Å². The molecule has 0 aliphatic heterocycles. The summed E-state index contributed by atoms with van der Waals surface area (Å²) >= 11 is 0. The molecule has 0 unspecified atom stereocenters. The number of carbonyl (C=O) groups excluding carboxylic acids is 2. The van der Waals surface area contributed by atoms with E-state index in [0.717, 1.165) is 6.07 Å². The summed E-state index contributed by atoms with van der Waals surface area (Å²) in [5.41, 5.74) is 0.779. The molecule has 0 bridgehead atoms. The Morgan fingerprint density at radius 2 is 1.50 bits per heavy atom. The van der Waals surface area contributed by atoms with Crippen molar-refractivity contribution in [1.29, 1.82) is 0 Å². The van der Waals surface area contributed by atoms with E-state index in [-0.39, 0.29) is 16.7 Å². The maximum Gasteiger partial charge on any atom is 0.339 e. The third kappa shape index (κ3) is 4.06. The normalized spacial score (nSPS) is 10.4. The average molecular weight is 381 g/mol. The molecular formula is C22H17F2NO3. The molecule has 0 spiro atoms. The number of ether oxygens (including phenoxy) is 1. The van der Waals surface area contributed by atoms with Gasteiger partial charge in [-0.05, 0) is 30.3 Å². The first-order valence-corrected chi connectivity index (χ1v) is 8.51. The molecule has 0 radical (unpaired) electrons. The quantitative estimate of drug-likeness (QED) is 0.607. The van der Waals surface area contributed by atoms with E-state index in [1.54, 1.807) is 43.4 Å². The minimum Gasteiger partial charge on any atom is -0.457 e. The molecular weight excluding hydrogens is 364 g/mol. The molecule has 142 valence electrons. The number of benzene rings is 3. The van der Waals surface area contributed by atoms with E-state index < -0.39 is 30.1 Å². The number of hydrogen-bond acceptors (Lipinski definition) is 3. The molecule has 1 amide bonds. The summed E-state index contributed by atoms with van der Waals surface area (Å²) in [5, 5.41) is 0. The Hall–Kier alpha value is -3.54. The zero-order valence-corrected chi connectivity index (χ0v) is 15.1. The zero-order valence-electron chi connectivity index (χ0n) is 15.1. The number of amides is 1. The van der Waals surface area contributed by atoms with Crippen LogP contribution in [0.1, 0.15) is 26.3 Å². The SMILES string of the molecule is CN(C(=O)c1ccccc1C(=O)OCc1cccc(F)c1F)c1ccccc1. The summed E-state index contributed by atoms with van der Waals surface area (Å²) in [6.07, 6.45) is 0. The molecule has 0 aromatic heterocycles. The van der Waals surface area contributed by atoms with Gasteiger partial charge in [-0.1, -0.05) is 42.5 Å². The molecule has 0 N–H and O–H groups in total. The van der Waals surface area contributed by atoms with Crippen LogP contribution >= 0.6 is 0 Å². The number of esters is 1. The van der Waals surface area contributed by atoms with Gasteiger partial charge in [-0.2, -0.15) is 0 Å². The van der Waals surface area contributed by atoms with Crippen LogP contribution in [0.15, 0.2) is 72.8 Å².